The summed E-state index contributed by atoms with van der Waals surface area (Å²) in [7, 11) is 0. The van der Waals surface area contributed by atoms with E-state index in [-0.39, 0.29) is 17.1 Å². The predicted octanol–water partition coefficient (Wildman–Crippen LogP) is 5.67. The van der Waals surface area contributed by atoms with Crippen molar-refractivity contribution in [3.63, 3.8) is 0 Å². The summed E-state index contributed by atoms with van der Waals surface area (Å²) >= 11 is 0. The first-order valence-electron chi connectivity index (χ1n) is 9.42. The first-order chi connectivity index (χ1) is 14.9. The van der Waals surface area contributed by atoms with Gasteiger partial charge in [-0.1, -0.05) is 48.5 Å². The number of benzene rings is 3. The topological polar surface area (TPSA) is 146 Å². The van der Waals surface area contributed by atoms with Crippen molar-refractivity contribution in [3.05, 3.63) is 115 Å². The fourth-order valence-corrected chi connectivity index (χ4v) is 3.57. The maximum absolute atomic E-state index is 8.25. The fraction of sp³-hybridized carbons (Fsp3) is 0.182. The summed E-state index contributed by atoms with van der Waals surface area (Å²) in [6.45, 7) is 0. The van der Waals surface area contributed by atoms with Crippen LogP contribution in [0.1, 0.15) is 24.0 Å². The third kappa shape index (κ3) is 8.25. The molecule has 4 aromatic rings. The number of nitrogens with zero attached hydrogens (tertiary/aromatic N) is 2. The molecule has 0 saturated carbocycles. The summed E-state index contributed by atoms with van der Waals surface area (Å²) in [4.78, 5) is 16.5. The Balaban J connectivity index is 0.000000304. The van der Waals surface area contributed by atoms with Crippen molar-refractivity contribution >= 4 is 21.5 Å². The van der Waals surface area contributed by atoms with Gasteiger partial charge in [0.15, 0.2) is 0 Å². The number of rotatable bonds is 0. The van der Waals surface area contributed by atoms with Crippen molar-refractivity contribution in [3.8, 4) is 0 Å². The molecular weight excluding hydrogens is 468 g/mol. The minimum Gasteiger partial charge on any atom is -0.473 e. The third-order valence-electron chi connectivity index (χ3n) is 4.68. The standard InChI is InChI=1S/C18H16.C4H4O.Cu.2NO3/c1-3-7-15-13(5-1)9-11-18-16-8-4-2-6-14(16)10-12-17(15)18;1-2-4-5-3-1;;2*2-1(3)4/h1,3,5,7,9-12H,2,4,6,8H2;1-4H;;;/q;;+2;2*-1. The molecule has 1 aromatic heterocycles. The van der Waals surface area contributed by atoms with E-state index in [1.54, 1.807) is 23.7 Å². The average molecular weight is 488 g/mol. The maximum Gasteiger partial charge on any atom is 2.00 e. The number of fused-ring (bicyclic) bond motifs is 5. The van der Waals surface area contributed by atoms with Gasteiger partial charge in [-0.2, -0.15) is 0 Å². The van der Waals surface area contributed by atoms with Crippen LogP contribution in [-0.4, -0.2) is 10.2 Å². The van der Waals surface area contributed by atoms with Gasteiger partial charge in [0.25, 0.3) is 0 Å². The average Bonchev–Trinajstić information content (AvgIpc) is 3.33. The molecule has 0 amide bonds. The monoisotopic (exact) mass is 487 g/mol. The van der Waals surface area contributed by atoms with Crippen LogP contribution in [0.15, 0.2) is 77.6 Å². The molecule has 0 N–H and O–H groups in total. The van der Waals surface area contributed by atoms with E-state index >= 15 is 0 Å². The molecule has 5 rings (SSSR count). The number of furan rings is 1. The number of hydrogen-bond acceptors (Lipinski definition) is 7. The molecule has 1 heterocycles. The van der Waals surface area contributed by atoms with Crippen molar-refractivity contribution in [2.24, 2.45) is 0 Å². The number of hydrogen-bond donors (Lipinski definition) is 0. The molecule has 171 valence electrons. The molecule has 1 aliphatic carbocycles. The summed E-state index contributed by atoms with van der Waals surface area (Å²) in [5.74, 6) is 0. The second-order valence-corrected chi connectivity index (χ2v) is 6.53. The van der Waals surface area contributed by atoms with Gasteiger partial charge in [0, 0.05) is 0 Å². The molecule has 0 saturated heterocycles. The second kappa shape index (κ2) is 13.6. The van der Waals surface area contributed by atoms with Crippen LogP contribution in [-0.2, 0) is 29.9 Å². The van der Waals surface area contributed by atoms with E-state index in [0.29, 0.717) is 0 Å². The first-order valence-corrected chi connectivity index (χ1v) is 9.42. The van der Waals surface area contributed by atoms with E-state index in [4.69, 9.17) is 30.6 Å². The summed E-state index contributed by atoms with van der Waals surface area (Å²) in [5, 5.41) is 35.1. The molecule has 0 aliphatic heterocycles. The Bertz CT molecular complexity index is 1100. The van der Waals surface area contributed by atoms with Gasteiger partial charge in [-0.15, -0.1) is 0 Å². The van der Waals surface area contributed by atoms with E-state index in [1.807, 2.05) is 12.1 Å². The van der Waals surface area contributed by atoms with Crippen LogP contribution < -0.4 is 0 Å². The normalized spacial score (nSPS) is 11.1. The third-order valence-corrected chi connectivity index (χ3v) is 4.68. The first kappa shape index (κ1) is 26.4. The van der Waals surface area contributed by atoms with E-state index in [0.717, 1.165) is 0 Å². The zero-order valence-corrected chi connectivity index (χ0v) is 17.8. The van der Waals surface area contributed by atoms with E-state index in [9.17, 15) is 0 Å². The number of aryl methyl sites for hydroxylation is 2. The van der Waals surface area contributed by atoms with Crippen LogP contribution in [0.4, 0.5) is 0 Å². The smallest absolute Gasteiger partial charge is 0.473 e. The zero-order valence-electron chi connectivity index (χ0n) is 16.8. The molecule has 3 aromatic carbocycles. The molecular formula is C22H20CuN2O7. The second-order valence-electron chi connectivity index (χ2n) is 6.53. The minimum atomic E-state index is -1.75. The zero-order chi connectivity index (χ0) is 22.6. The summed E-state index contributed by atoms with van der Waals surface area (Å²) in [5.41, 5.74) is 3.17. The Morgan fingerprint density at radius 2 is 1.22 bits per heavy atom. The minimum absolute atomic E-state index is 0. The molecule has 0 spiro atoms. The van der Waals surface area contributed by atoms with E-state index in [2.05, 4.69) is 52.9 Å². The summed E-state index contributed by atoms with van der Waals surface area (Å²) in [6.07, 6.45) is 8.47. The molecule has 32 heavy (non-hydrogen) atoms. The largest absolute Gasteiger partial charge is 2.00 e. The fourth-order valence-electron chi connectivity index (χ4n) is 3.57. The Labute approximate surface area is 194 Å². The molecule has 10 heteroatoms. The Morgan fingerprint density at radius 1 is 0.656 bits per heavy atom. The van der Waals surface area contributed by atoms with E-state index < -0.39 is 10.2 Å². The van der Waals surface area contributed by atoms with Crippen molar-refractivity contribution in [2.75, 3.05) is 0 Å². The summed E-state index contributed by atoms with van der Waals surface area (Å²) < 4.78 is 4.58. The van der Waals surface area contributed by atoms with Crippen LogP contribution >= 0.6 is 0 Å². The van der Waals surface area contributed by atoms with Gasteiger partial charge in [0.2, 0.25) is 0 Å². The van der Waals surface area contributed by atoms with Crippen molar-refractivity contribution in [2.45, 2.75) is 25.7 Å². The van der Waals surface area contributed by atoms with Crippen LogP contribution in [0.3, 0.4) is 0 Å². The van der Waals surface area contributed by atoms with Crippen molar-refractivity contribution in [1.29, 1.82) is 0 Å². The maximum atomic E-state index is 8.25. The van der Waals surface area contributed by atoms with Gasteiger partial charge in [-0.25, -0.2) is 0 Å². The van der Waals surface area contributed by atoms with Gasteiger partial charge in [0.05, 0.1) is 22.7 Å². The van der Waals surface area contributed by atoms with E-state index in [1.165, 1.54) is 47.2 Å². The Hall–Kier alpha value is -3.62. The quantitative estimate of drug-likeness (QED) is 0.134. The predicted molar refractivity (Wildman–Crippen MR) is 118 cm³/mol. The van der Waals surface area contributed by atoms with Gasteiger partial charge in [0.1, 0.15) is 0 Å². The molecule has 1 radical (unpaired) electrons. The van der Waals surface area contributed by atoms with Crippen LogP contribution in [0.25, 0.3) is 21.5 Å². The molecule has 0 bridgehead atoms. The van der Waals surface area contributed by atoms with Gasteiger partial charge in [-0.05, 0) is 70.5 Å². The molecule has 0 unspecified atom stereocenters. The Morgan fingerprint density at radius 3 is 1.81 bits per heavy atom. The molecule has 0 atom stereocenters. The van der Waals surface area contributed by atoms with Crippen molar-refractivity contribution in [1.82, 2.24) is 0 Å². The SMILES string of the molecule is O=[N+]([O-])[O-].O=[N+]([O-])[O-].[Cu+2].c1ccc2c(c1)ccc1c3c(ccc12)CCCC3.c1ccoc1. The summed E-state index contributed by atoms with van der Waals surface area (Å²) in [6, 6.07) is 21.6. The van der Waals surface area contributed by atoms with Gasteiger partial charge < -0.3 is 35.1 Å². The van der Waals surface area contributed by atoms with Crippen LogP contribution in [0, 0.1) is 30.6 Å². The Kier molecular flexibility index (Phi) is 11.3. The molecule has 0 fully saturated rings. The molecule has 1 aliphatic rings. The van der Waals surface area contributed by atoms with Gasteiger partial charge >= 0.3 is 17.1 Å². The van der Waals surface area contributed by atoms with Crippen molar-refractivity contribution < 1.29 is 31.7 Å². The van der Waals surface area contributed by atoms with Crippen LogP contribution in [0.2, 0.25) is 0 Å². The van der Waals surface area contributed by atoms with Gasteiger partial charge in [-0.3, -0.25) is 0 Å². The van der Waals surface area contributed by atoms with Crippen LogP contribution in [0.5, 0.6) is 0 Å². The molecule has 9 nitrogen and oxygen atoms in total.